The highest BCUT2D eigenvalue weighted by atomic mass is 16.5. The van der Waals surface area contributed by atoms with E-state index in [0.29, 0.717) is 0 Å². The minimum atomic E-state index is 0.718. The van der Waals surface area contributed by atoms with Gasteiger partial charge in [-0.25, -0.2) is 0 Å². The molecular formula is C22H34O2. The maximum Gasteiger partial charge on any atom is 0.119 e. The zero-order valence-electron chi connectivity index (χ0n) is 15.5. The summed E-state index contributed by atoms with van der Waals surface area (Å²) in [4.78, 5) is 0. The summed E-state index contributed by atoms with van der Waals surface area (Å²) in [7, 11) is 1.75. The third kappa shape index (κ3) is 6.68. The molecule has 24 heavy (non-hydrogen) atoms. The Labute approximate surface area is 148 Å². The van der Waals surface area contributed by atoms with Crippen LogP contribution in [0.4, 0.5) is 0 Å². The third-order valence-corrected chi connectivity index (χ3v) is 5.06. The first-order chi connectivity index (χ1) is 11.8. The molecule has 0 aromatic heterocycles. The van der Waals surface area contributed by atoms with E-state index in [1.54, 1.807) is 7.11 Å². The molecule has 0 unspecified atom stereocenters. The molecule has 1 fully saturated rings. The van der Waals surface area contributed by atoms with E-state index in [0.717, 1.165) is 37.2 Å². The van der Waals surface area contributed by atoms with Gasteiger partial charge in [0, 0.05) is 7.11 Å². The van der Waals surface area contributed by atoms with Crippen LogP contribution in [0.1, 0.15) is 69.8 Å². The molecule has 0 spiro atoms. The first-order valence-electron chi connectivity index (χ1n) is 9.71. The summed E-state index contributed by atoms with van der Waals surface area (Å²) >= 11 is 0. The average molecular weight is 331 g/mol. The maximum absolute atomic E-state index is 5.85. The first-order valence-corrected chi connectivity index (χ1v) is 9.71. The van der Waals surface area contributed by atoms with Crippen LogP contribution in [-0.4, -0.2) is 20.3 Å². The van der Waals surface area contributed by atoms with Crippen LogP contribution in [0.3, 0.4) is 0 Å². The fraction of sp³-hybridized carbons (Fsp3) is 0.636. The van der Waals surface area contributed by atoms with Crippen LogP contribution in [0.5, 0.6) is 5.75 Å². The molecule has 2 nitrogen and oxygen atoms in total. The van der Waals surface area contributed by atoms with Crippen molar-refractivity contribution >= 4 is 0 Å². The standard InChI is InChI=1S/C22H34O2/c1-3-4-5-6-18-24-22-15-13-21(14-16-22)20-11-9-19(10-12-20)8-7-17-23-2/h7-8,13-16,19-20H,3-6,9-12,17-18H2,1-2H3/b8-7+/t19-,20-. The fourth-order valence-corrected chi connectivity index (χ4v) is 3.54. The van der Waals surface area contributed by atoms with Crippen molar-refractivity contribution in [2.24, 2.45) is 5.92 Å². The summed E-state index contributed by atoms with van der Waals surface area (Å²) < 4.78 is 10.9. The molecule has 0 aliphatic heterocycles. The van der Waals surface area contributed by atoms with Gasteiger partial charge in [0.15, 0.2) is 0 Å². The summed E-state index contributed by atoms with van der Waals surface area (Å²) in [5.41, 5.74) is 1.48. The van der Waals surface area contributed by atoms with Crippen LogP contribution in [0.15, 0.2) is 36.4 Å². The van der Waals surface area contributed by atoms with Gasteiger partial charge in [0.1, 0.15) is 5.75 Å². The molecule has 0 N–H and O–H groups in total. The topological polar surface area (TPSA) is 18.5 Å². The smallest absolute Gasteiger partial charge is 0.119 e. The Morgan fingerprint density at radius 3 is 2.42 bits per heavy atom. The number of benzene rings is 1. The van der Waals surface area contributed by atoms with Gasteiger partial charge in [0.25, 0.3) is 0 Å². The number of allylic oxidation sites excluding steroid dienone is 1. The average Bonchev–Trinajstić information content (AvgIpc) is 2.63. The maximum atomic E-state index is 5.85. The lowest BCUT2D eigenvalue weighted by atomic mass is 9.78. The predicted molar refractivity (Wildman–Crippen MR) is 102 cm³/mol. The molecule has 1 aliphatic carbocycles. The fourth-order valence-electron chi connectivity index (χ4n) is 3.54. The van der Waals surface area contributed by atoms with Crippen LogP contribution in [0.2, 0.25) is 0 Å². The van der Waals surface area contributed by atoms with Crippen molar-refractivity contribution in [3.8, 4) is 5.75 Å². The van der Waals surface area contributed by atoms with Crippen LogP contribution < -0.4 is 4.74 Å². The SMILES string of the molecule is CCCCCCOc1ccc([C@H]2CC[C@H](/C=C/COC)CC2)cc1. The molecule has 0 heterocycles. The predicted octanol–water partition coefficient (Wildman–Crippen LogP) is 6.12. The monoisotopic (exact) mass is 330 g/mol. The van der Waals surface area contributed by atoms with Crippen LogP contribution in [0, 0.1) is 5.92 Å². The Morgan fingerprint density at radius 2 is 1.75 bits per heavy atom. The van der Waals surface area contributed by atoms with Crippen molar-refractivity contribution in [2.45, 2.75) is 64.2 Å². The quantitative estimate of drug-likeness (QED) is 0.380. The molecule has 0 atom stereocenters. The Hall–Kier alpha value is -1.28. The van der Waals surface area contributed by atoms with E-state index in [1.165, 1.54) is 50.5 Å². The third-order valence-electron chi connectivity index (χ3n) is 5.06. The molecule has 1 aliphatic rings. The summed E-state index contributed by atoms with van der Waals surface area (Å²) in [5.74, 6) is 2.48. The number of ether oxygens (including phenoxy) is 2. The minimum absolute atomic E-state index is 0.718. The van der Waals surface area contributed by atoms with E-state index in [9.17, 15) is 0 Å². The zero-order chi connectivity index (χ0) is 17.0. The van der Waals surface area contributed by atoms with Gasteiger partial charge < -0.3 is 9.47 Å². The van der Waals surface area contributed by atoms with E-state index in [2.05, 4.69) is 43.3 Å². The molecular weight excluding hydrogens is 296 g/mol. The van der Waals surface area contributed by atoms with Gasteiger partial charge in [0.05, 0.1) is 13.2 Å². The van der Waals surface area contributed by atoms with Crippen LogP contribution in [0.25, 0.3) is 0 Å². The Kier molecular flexibility index (Phi) is 8.97. The molecule has 0 radical (unpaired) electrons. The van der Waals surface area contributed by atoms with Gasteiger partial charge >= 0.3 is 0 Å². The van der Waals surface area contributed by atoms with Gasteiger partial charge in [-0.1, -0.05) is 50.5 Å². The van der Waals surface area contributed by atoms with Crippen molar-refractivity contribution in [2.75, 3.05) is 20.3 Å². The van der Waals surface area contributed by atoms with E-state index < -0.39 is 0 Å². The van der Waals surface area contributed by atoms with Gasteiger partial charge in [-0.2, -0.15) is 0 Å². The highest BCUT2D eigenvalue weighted by Crippen LogP contribution is 2.36. The highest BCUT2D eigenvalue weighted by molar-refractivity contribution is 5.29. The molecule has 1 aromatic rings. The van der Waals surface area contributed by atoms with Gasteiger partial charge in [0.2, 0.25) is 0 Å². The summed E-state index contributed by atoms with van der Waals surface area (Å²) in [6.45, 7) is 3.82. The summed E-state index contributed by atoms with van der Waals surface area (Å²) in [6.07, 6.45) is 14.7. The van der Waals surface area contributed by atoms with Crippen molar-refractivity contribution in [1.82, 2.24) is 0 Å². The normalized spacial score (nSPS) is 21.2. The van der Waals surface area contributed by atoms with E-state index in [-0.39, 0.29) is 0 Å². The van der Waals surface area contributed by atoms with Crippen molar-refractivity contribution in [1.29, 1.82) is 0 Å². The Bertz CT molecular complexity index is 455. The highest BCUT2D eigenvalue weighted by Gasteiger charge is 2.20. The molecule has 0 bridgehead atoms. The van der Waals surface area contributed by atoms with Crippen molar-refractivity contribution in [3.05, 3.63) is 42.0 Å². The second kappa shape index (κ2) is 11.3. The van der Waals surface area contributed by atoms with Gasteiger partial charge in [-0.05, 0) is 61.6 Å². The molecule has 1 saturated carbocycles. The molecule has 0 saturated heterocycles. The first kappa shape index (κ1) is 19.1. The second-order valence-electron chi connectivity index (χ2n) is 6.97. The van der Waals surface area contributed by atoms with Gasteiger partial charge in [-0.3, -0.25) is 0 Å². The number of hydrogen-bond acceptors (Lipinski definition) is 2. The summed E-state index contributed by atoms with van der Waals surface area (Å²) in [6, 6.07) is 8.85. The van der Waals surface area contributed by atoms with Gasteiger partial charge in [-0.15, -0.1) is 0 Å². The minimum Gasteiger partial charge on any atom is -0.494 e. The molecule has 134 valence electrons. The number of hydrogen-bond donors (Lipinski definition) is 0. The van der Waals surface area contributed by atoms with Crippen molar-refractivity contribution < 1.29 is 9.47 Å². The molecule has 2 heteroatoms. The van der Waals surface area contributed by atoms with E-state index in [1.807, 2.05) is 0 Å². The number of unbranched alkanes of at least 4 members (excludes halogenated alkanes) is 3. The Balaban J connectivity index is 1.72. The molecule has 2 rings (SSSR count). The van der Waals surface area contributed by atoms with E-state index >= 15 is 0 Å². The lowest BCUT2D eigenvalue weighted by molar-refractivity contribution is 0.233. The lowest BCUT2D eigenvalue weighted by Gasteiger charge is -2.27. The second-order valence-corrected chi connectivity index (χ2v) is 6.97. The van der Waals surface area contributed by atoms with Crippen LogP contribution in [-0.2, 0) is 4.74 Å². The molecule has 0 amide bonds. The number of rotatable bonds is 10. The largest absolute Gasteiger partial charge is 0.494 e. The lowest BCUT2D eigenvalue weighted by Crippen LogP contribution is -2.11. The Morgan fingerprint density at radius 1 is 1.00 bits per heavy atom. The van der Waals surface area contributed by atoms with E-state index in [4.69, 9.17) is 9.47 Å². The zero-order valence-corrected chi connectivity index (χ0v) is 15.5. The van der Waals surface area contributed by atoms with Crippen molar-refractivity contribution in [3.63, 3.8) is 0 Å². The number of methoxy groups -OCH3 is 1. The molecule has 1 aromatic carbocycles. The van der Waals surface area contributed by atoms with Crippen LogP contribution >= 0.6 is 0 Å². The summed E-state index contributed by atoms with van der Waals surface area (Å²) in [5, 5.41) is 0.